The lowest BCUT2D eigenvalue weighted by molar-refractivity contribution is -0.394. The van der Waals surface area contributed by atoms with Crippen molar-refractivity contribution in [2.45, 2.75) is 240 Å². The molecule has 0 aromatic heterocycles. The Kier molecular flexibility index (Phi) is 15.7. The summed E-state index contributed by atoms with van der Waals surface area (Å²) in [5.74, 6) is 1.19. The van der Waals surface area contributed by atoms with Gasteiger partial charge in [0.05, 0.1) is 50.3 Å². The molecule has 418 valence electrons. The predicted octanol–water partition coefficient (Wildman–Crippen LogP) is -1.96. The van der Waals surface area contributed by atoms with E-state index in [1.807, 2.05) is 6.92 Å². The van der Waals surface area contributed by atoms with Crippen molar-refractivity contribution in [2.75, 3.05) is 19.8 Å². The van der Waals surface area contributed by atoms with Crippen LogP contribution in [0.4, 0.5) is 0 Å². The van der Waals surface area contributed by atoms with Gasteiger partial charge in [0.15, 0.2) is 30.9 Å². The normalized spacial score (nSPS) is 58.2. The van der Waals surface area contributed by atoms with Crippen molar-refractivity contribution in [1.82, 2.24) is 0 Å². The molecule has 6 aliphatic heterocycles. The number of aliphatic hydroxyl groups excluding tert-OH is 12. The van der Waals surface area contributed by atoms with E-state index < -0.39 is 154 Å². The monoisotopic (exact) mass is 1050 g/mol. The molecule has 0 amide bonds. The van der Waals surface area contributed by atoms with Crippen molar-refractivity contribution in [3.8, 4) is 0 Å². The van der Waals surface area contributed by atoms with E-state index in [2.05, 4.69) is 26.8 Å². The predicted molar refractivity (Wildman–Crippen MR) is 247 cm³/mol. The summed E-state index contributed by atoms with van der Waals surface area (Å²) >= 11 is 0. The van der Waals surface area contributed by atoms with Gasteiger partial charge in [-0.05, 0) is 93.3 Å². The van der Waals surface area contributed by atoms with Crippen LogP contribution in [-0.4, -0.2) is 228 Å². The molecule has 4 aliphatic carbocycles. The summed E-state index contributed by atoms with van der Waals surface area (Å²) in [4.78, 5) is 0. The minimum Gasteiger partial charge on any atom is -0.394 e. The zero-order valence-electron chi connectivity index (χ0n) is 42.5. The lowest BCUT2D eigenvalue weighted by Gasteiger charge is -2.59. The highest BCUT2D eigenvalue weighted by atomic mass is 16.8. The molecule has 32 atom stereocenters. The van der Waals surface area contributed by atoms with Gasteiger partial charge in [-0.3, -0.25) is 0 Å². The van der Waals surface area contributed by atoms with Crippen LogP contribution in [0.1, 0.15) is 92.9 Å². The molecule has 6 saturated heterocycles. The molecule has 0 radical (unpaired) electrons. The van der Waals surface area contributed by atoms with Gasteiger partial charge >= 0.3 is 0 Å². The summed E-state index contributed by atoms with van der Waals surface area (Å²) in [7, 11) is 0. The van der Waals surface area contributed by atoms with E-state index in [0.29, 0.717) is 49.5 Å². The third-order valence-corrected chi connectivity index (χ3v) is 19.9. The molecule has 0 bridgehead atoms. The fourth-order valence-electron chi connectivity index (χ4n) is 15.5. The van der Waals surface area contributed by atoms with Crippen LogP contribution in [0.15, 0.2) is 11.6 Å². The van der Waals surface area contributed by atoms with Crippen molar-refractivity contribution in [3.05, 3.63) is 11.6 Å². The smallest absolute Gasteiger partial charge is 0.187 e. The number of aliphatic hydroxyl groups is 12. The molecule has 22 heteroatoms. The van der Waals surface area contributed by atoms with E-state index in [1.165, 1.54) is 19.4 Å². The summed E-state index contributed by atoms with van der Waals surface area (Å²) in [6.45, 7) is 11.1. The van der Waals surface area contributed by atoms with E-state index in [1.54, 1.807) is 0 Å². The zero-order valence-corrected chi connectivity index (χ0v) is 42.5. The first-order valence-electron chi connectivity index (χ1n) is 26.8. The van der Waals surface area contributed by atoms with Crippen LogP contribution in [-0.2, 0) is 47.4 Å². The molecule has 32 unspecified atom stereocenters. The number of hydrogen-bond acceptors (Lipinski definition) is 22. The summed E-state index contributed by atoms with van der Waals surface area (Å²) < 4.78 is 61.8. The molecule has 10 rings (SSSR count). The van der Waals surface area contributed by atoms with Crippen LogP contribution in [0.2, 0.25) is 0 Å². The third kappa shape index (κ3) is 9.32. The minimum absolute atomic E-state index is 0.0715. The third-order valence-electron chi connectivity index (χ3n) is 19.9. The van der Waals surface area contributed by atoms with Gasteiger partial charge in [-0.25, -0.2) is 0 Å². The lowest BCUT2D eigenvalue weighted by Crippen LogP contribution is -2.67. The zero-order chi connectivity index (χ0) is 52.4. The van der Waals surface area contributed by atoms with Crippen molar-refractivity contribution >= 4 is 0 Å². The number of rotatable bonds is 10. The first-order valence-corrected chi connectivity index (χ1v) is 26.8. The van der Waals surface area contributed by atoms with Crippen molar-refractivity contribution in [1.29, 1.82) is 0 Å². The van der Waals surface area contributed by atoms with E-state index in [0.717, 1.165) is 32.1 Å². The molecule has 0 aromatic carbocycles. The highest BCUT2D eigenvalue weighted by Crippen LogP contribution is 2.71. The maximum Gasteiger partial charge on any atom is 0.187 e. The van der Waals surface area contributed by atoms with Gasteiger partial charge in [-0.2, -0.15) is 0 Å². The van der Waals surface area contributed by atoms with Crippen LogP contribution in [0.25, 0.3) is 0 Å². The van der Waals surface area contributed by atoms with Crippen LogP contribution < -0.4 is 0 Å². The first-order chi connectivity index (χ1) is 34.5. The molecule has 12 N–H and O–H groups in total. The molecule has 9 fully saturated rings. The Morgan fingerprint density at radius 2 is 1.22 bits per heavy atom. The standard InChI is InChI=1S/C51H82O22/c1-19-18-64-51(15-28(19)54)20(2)32-29(73-51)14-27-25-8-7-23-13-24(9-11-49(23,5)26(25)10-12-50(27,32)6)67-48-44(72-45-38(60)35(57)33(55)21(3)65-45)41(63)43(31(17-53)69-48)71-46-40(62)37(59)42(22(4)66-46)70-47-39(61)36(58)34(56)30(16-52)68-47/h7,19-22,24-48,52-63H,8-18H2,1-6H3. The highest BCUT2D eigenvalue weighted by Gasteiger charge is 2.69. The van der Waals surface area contributed by atoms with Crippen molar-refractivity contribution in [3.63, 3.8) is 0 Å². The first kappa shape index (κ1) is 55.2. The second kappa shape index (κ2) is 20.8. The average Bonchev–Trinajstić information content (AvgIpc) is 3.81. The van der Waals surface area contributed by atoms with E-state index in [4.69, 9.17) is 47.4 Å². The maximum atomic E-state index is 12.3. The van der Waals surface area contributed by atoms with Gasteiger partial charge in [0.1, 0.15) is 85.5 Å². The number of hydrogen-bond donors (Lipinski definition) is 12. The fourth-order valence-corrected chi connectivity index (χ4v) is 15.5. The van der Waals surface area contributed by atoms with Gasteiger partial charge in [-0.15, -0.1) is 0 Å². The number of fused-ring (bicyclic) bond motifs is 7. The molecule has 1 spiro atoms. The number of allylic oxidation sites excluding steroid dienone is 1. The molecule has 0 aromatic rings. The topological polar surface area (TPSA) is 335 Å². The largest absolute Gasteiger partial charge is 0.394 e. The van der Waals surface area contributed by atoms with E-state index in [-0.39, 0.29) is 28.8 Å². The highest BCUT2D eigenvalue weighted by molar-refractivity contribution is 5.26. The van der Waals surface area contributed by atoms with Crippen molar-refractivity contribution in [2.24, 2.45) is 46.3 Å². The minimum atomic E-state index is -1.91. The molecular weight excluding hydrogens is 965 g/mol. The van der Waals surface area contributed by atoms with Crippen LogP contribution in [0.3, 0.4) is 0 Å². The molecule has 22 nitrogen and oxygen atoms in total. The summed E-state index contributed by atoms with van der Waals surface area (Å²) in [6, 6.07) is 0. The molecule has 73 heavy (non-hydrogen) atoms. The fraction of sp³-hybridized carbons (Fsp3) is 0.961. The van der Waals surface area contributed by atoms with Crippen LogP contribution in [0.5, 0.6) is 0 Å². The van der Waals surface area contributed by atoms with E-state index in [9.17, 15) is 61.3 Å². The Bertz CT molecular complexity index is 1950. The molecule has 10 aliphatic rings. The Morgan fingerprint density at radius 1 is 0.603 bits per heavy atom. The van der Waals surface area contributed by atoms with Gasteiger partial charge in [0.2, 0.25) is 0 Å². The second-order valence-electron chi connectivity index (χ2n) is 24.0. The van der Waals surface area contributed by atoms with Crippen LogP contribution >= 0.6 is 0 Å². The van der Waals surface area contributed by atoms with Gasteiger partial charge in [0.25, 0.3) is 0 Å². The summed E-state index contributed by atoms with van der Waals surface area (Å²) in [5.41, 5.74) is 1.25. The molecule has 3 saturated carbocycles. The van der Waals surface area contributed by atoms with Gasteiger partial charge < -0.3 is 109 Å². The Balaban J connectivity index is 0.834. The average molecular weight is 1050 g/mol. The van der Waals surface area contributed by atoms with Gasteiger partial charge in [0, 0.05) is 18.3 Å². The summed E-state index contributed by atoms with van der Waals surface area (Å²) in [6.07, 6.45) is -23.3. The van der Waals surface area contributed by atoms with Crippen LogP contribution in [0, 0.1) is 46.3 Å². The summed E-state index contributed by atoms with van der Waals surface area (Å²) in [5, 5.41) is 130. The lowest BCUT2D eigenvalue weighted by atomic mass is 9.47. The molecule has 6 heterocycles. The molecular formula is C51H82O22. The quantitative estimate of drug-likeness (QED) is 0.106. The maximum absolute atomic E-state index is 12.3. The number of ether oxygens (including phenoxy) is 10. The van der Waals surface area contributed by atoms with Gasteiger partial charge in [-0.1, -0.05) is 39.3 Å². The van der Waals surface area contributed by atoms with Crippen molar-refractivity contribution < 1.29 is 109 Å². The van der Waals surface area contributed by atoms with E-state index >= 15 is 0 Å². The Morgan fingerprint density at radius 3 is 1.90 bits per heavy atom. The second-order valence-corrected chi connectivity index (χ2v) is 24.0. The Hall–Kier alpha value is -1.14. The Labute approximate surface area is 425 Å². The SMILES string of the molecule is CC1COC2(CC1O)OC1CC3C4CC=C5CC(OC6OC(CO)C(OC7OC(C)C(OC8OC(CO)C(O)C(O)C8O)C(O)C7O)C(O)C6OC6OC(C)C(O)C(O)C6O)CCC5(C)C4CCC3(C)C1C2C.